The Labute approximate surface area is 129 Å². The number of rotatable bonds is 4. The molecule has 1 unspecified atom stereocenters. The zero-order valence-electron chi connectivity index (χ0n) is 10.3. The summed E-state index contributed by atoms with van der Waals surface area (Å²) in [7, 11) is 0. The van der Waals surface area contributed by atoms with Gasteiger partial charge >= 0.3 is 0 Å². The molecule has 1 atom stereocenters. The van der Waals surface area contributed by atoms with Crippen molar-refractivity contribution in [3.8, 4) is 0 Å². The lowest BCUT2D eigenvalue weighted by Gasteiger charge is -2.17. The van der Waals surface area contributed by atoms with Gasteiger partial charge in [-0.15, -0.1) is 11.3 Å². The summed E-state index contributed by atoms with van der Waals surface area (Å²) in [5.74, 6) is 0. The first-order valence-electron chi connectivity index (χ1n) is 5.86. The number of hydrogen-bond donors (Lipinski definition) is 1. The van der Waals surface area contributed by atoms with Crippen molar-refractivity contribution in [3.63, 3.8) is 0 Å². The normalized spacial score (nSPS) is 12.7. The molecule has 2 aromatic rings. The van der Waals surface area contributed by atoms with E-state index in [1.54, 1.807) is 0 Å². The van der Waals surface area contributed by atoms with Gasteiger partial charge in [0.1, 0.15) is 0 Å². The van der Waals surface area contributed by atoms with Crippen molar-refractivity contribution in [2.45, 2.75) is 19.9 Å². The molecule has 96 valence electrons. The topological polar surface area (TPSA) is 12.0 Å². The quantitative estimate of drug-likeness (QED) is 0.751. The van der Waals surface area contributed by atoms with Crippen molar-refractivity contribution in [2.75, 3.05) is 6.54 Å². The van der Waals surface area contributed by atoms with Gasteiger partial charge in [-0.2, -0.15) is 0 Å². The van der Waals surface area contributed by atoms with Crippen LogP contribution in [0.15, 0.2) is 39.3 Å². The molecule has 0 aliphatic rings. The second-order valence-electron chi connectivity index (χ2n) is 4.10. The minimum Gasteiger partial charge on any atom is -0.306 e. The highest BCUT2D eigenvalue weighted by molar-refractivity contribution is 9.10. The molecule has 18 heavy (non-hydrogen) atoms. The van der Waals surface area contributed by atoms with Crippen LogP contribution >= 0.6 is 43.2 Å². The first-order valence-corrected chi connectivity index (χ1v) is 8.26. The molecule has 1 aromatic carbocycles. The van der Waals surface area contributed by atoms with Crippen molar-refractivity contribution in [1.82, 2.24) is 5.32 Å². The lowest BCUT2D eigenvalue weighted by molar-refractivity contribution is 0.639. The summed E-state index contributed by atoms with van der Waals surface area (Å²) in [6.07, 6.45) is 0. The fraction of sp³-hybridized carbons (Fsp3) is 0.286. The second kappa shape index (κ2) is 6.33. The largest absolute Gasteiger partial charge is 0.306 e. The van der Waals surface area contributed by atoms with E-state index in [1.165, 1.54) is 19.8 Å². The molecule has 1 nitrogen and oxygen atoms in total. The zero-order chi connectivity index (χ0) is 13.1. The van der Waals surface area contributed by atoms with Gasteiger partial charge in [-0.3, -0.25) is 0 Å². The molecule has 1 aromatic heterocycles. The molecule has 0 saturated heterocycles. The molecule has 0 fully saturated rings. The summed E-state index contributed by atoms with van der Waals surface area (Å²) in [6.45, 7) is 5.24. The van der Waals surface area contributed by atoms with Crippen LogP contribution < -0.4 is 5.32 Å². The standard InChI is InChI=1S/C14H15Br2NS/c1-3-17-14(10-4-6-11(15)7-5-10)13-8-12(16)9(2)18-13/h4-8,14,17H,3H2,1-2H3. The molecule has 0 aliphatic carbocycles. The third kappa shape index (κ3) is 3.23. The smallest absolute Gasteiger partial charge is 0.0671 e. The van der Waals surface area contributed by atoms with Crippen LogP contribution in [0.2, 0.25) is 0 Å². The fourth-order valence-electron chi connectivity index (χ4n) is 1.87. The fourth-order valence-corrected chi connectivity index (χ4v) is 3.80. The van der Waals surface area contributed by atoms with Gasteiger partial charge in [-0.25, -0.2) is 0 Å². The number of aryl methyl sites for hydroxylation is 1. The SMILES string of the molecule is CCNC(c1ccc(Br)cc1)c1cc(Br)c(C)s1. The highest BCUT2D eigenvalue weighted by Gasteiger charge is 2.16. The van der Waals surface area contributed by atoms with Crippen molar-refractivity contribution < 1.29 is 0 Å². The van der Waals surface area contributed by atoms with Crippen LogP contribution in [0.3, 0.4) is 0 Å². The summed E-state index contributed by atoms with van der Waals surface area (Å²) in [4.78, 5) is 2.67. The van der Waals surface area contributed by atoms with Crippen molar-refractivity contribution >= 4 is 43.2 Å². The van der Waals surface area contributed by atoms with Crippen molar-refractivity contribution in [3.05, 3.63) is 54.6 Å². The lowest BCUT2D eigenvalue weighted by Crippen LogP contribution is -2.20. The summed E-state index contributed by atoms with van der Waals surface area (Å²) in [5, 5.41) is 3.55. The van der Waals surface area contributed by atoms with Crippen LogP contribution in [0.4, 0.5) is 0 Å². The molecule has 4 heteroatoms. The second-order valence-corrected chi connectivity index (χ2v) is 7.15. The van der Waals surface area contributed by atoms with Gasteiger partial charge in [-0.1, -0.05) is 35.0 Å². The van der Waals surface area contributed by atoms with Gasteiger partial charge in [-0.05, 0) is 53.2 Å². The minimum absolute atomic E-state index is 0.276. The third-order valence-electron chi connectivity index (χ3n) is 2.77. The summed E-state index contributed by atoms with van der Waals surface area (Å²) in [5.41, 5.74) is 1.30. The Hall–Kier alpha value is -0.160. The van der Waals surface area contributed by atoms with Crippen LogP contribution in [0.5, 0.6) is 0 Å². The maximum atomic E-state index is 3.59. The van der Waals surface area contributed by atoms with Crippen LogP contribution in [0.25, 0.3) is 0 Å². The van der Waals surface area contributed by atoms with E-state index < -0.39 is 0 Å². The number of benzene rings is 1. The Balaban J connectivity index is 2.36. The van der Waals surface area contributed by atoms with Crippen LogP contribution in [0, 0.1) is 6.92 Å². The van der Waals surface area contributed by atoms with Gasteiger partial charge in [0.25, 0.3) is 0 Å². The average molecular weight is 389 g/mol. The molecule has 0 amide bonds. The molecule has 0 spiro atoms. The van der Waals surface area contributed by atoms with Gasteiger partial charge in [0.15, 0.2) is 0 Å². The molecule has 2 rings (SSSR count). The minimum atomic E-state index is 0.276. The monoisotopic (exact) mass is 387 g/mol. The number of halogens is 2. The lowest BCUT2D eigenvalue weighted by atomic mass is 10.1. The summed E-state index contributed by atoms with van der Waals surface area (Å²) in [6, 6.07) is 11.0. The summed E-state index contributed by atoms with van der Waals surface area (Å²) >= 11 is 8.92. The first-order chi connectivity index (χ1) is 8.61. The molecular weight excluding hydrogens is 374 g/mol. The van der Waals surface area contributed by atoms with Crippen molar-refractivity contribution in [1.29, 1.82) is 0 Å². The van der Waals surface area contributed by atoms with E-state index in [1.807, 2.05) is 11.3 Å². The van der Waals surface area contributed by atoms with E-state index >= 15 is 0 Å². The molecule has 0 radical (unpaired) electrons. The molecule has 1 heterocycles. The Kier molecular flexibility index (Phi) is 5.01. The Morgan fingerprint density at radius 3 is 2.39 bits per heavy atom. The van der Waals surface area contributed by atoms with Crippen LogP contribution in [-0.4, -0.2) is 6.54 Å². The molecular formula is C14H15Br2NS. The van der Waals surface area contributed by atoms with Gasteiger partial charge < -0.3 is 5.32 Å². The number of hydrogen-bond acceptors (Lipinski definition) is 2. The van der Waals surface area contributed by atoms with Crippen LogP contribution in [0.1, 0.15) is 28.3 Å². The number of thiophene rings is 1. The maximum Gasteiger partial charge on any atom is 0.0671 e. The maximum absolute atomic E-state index is 3.59. The van der Waals surface area contributed by atoms with Crippen LogP contribution in [-0.2, 0) is 0 Å². The Morgan fingerprint density at radius 2 is 1.89 bits per heavy atom. The molecule has 0 bridgehead atoms. The van der Waals surface area contributed by atoms with E-state index in [-0.39, 0.29) is 6.04 Å². The van der Waals surface area contributed by atoms with Gasteiger partial charge in [0, 0.05) is 18.7 Å². The van der Waals surface area contributed by atoms with E-state index in [0.29, 0.717) is 0 Å². The zero-order valence-corrected chi connectivity index (χ0v) is 14.3. The Bertz CT molecular complexity index is 500. The van der Waals surface area contributed by atoms with Gasteiger partial charge in [0.05, 0.1) is 6.04 Å². The van der Waals surface area contributed by atoms with E-state index in [0.717, 1.165) is 11.0 Å². The highest BCUT2D eigenvalue weighted by Crippen LogP contribution is 2.34. The summed E-state index contributed by atoms with van der Waals surface area (Å²) < 4.78 is 2.31. The predicted octanol–water partition coefficient (Wildman–Crippen LogP) is 5.28. The van der Waals surface area contributed by atoms with Gasteiger partial charge in [0.2, 0.25) is 0 Å². The van der Waals surface area contributed by atoms with E-state index in [2.05, 4.69) is 81.4 Å². The van der Waals surface area contributed by atoms with E-state index in [9.17, 15) is 0 Å². The third-order valence-corrected chi connectivity index (χ3v) is 5.50. The molecule has 0 aliphatic heterocycles. The Morgan fingerprint density at radius 1 is 1.22 bits per heavy atom. The van der Waals surface area contributed by atoms with Crippen molar-refractivity contribution in [2.24, 2.45) is 0 Å². The first kappa shape index (κ1) is 14.3. The number of nitrogens with one attached hydrogen (secondary N) is 1. The molecule has 0 saturated carbocycles. The van der Waals surface area contributed by atoms with E-state index in [4.69, 9.17) is 0 Å². The average Bonchev–Trinajstić information content (AvgIpc) is 2.68. The molecule has 1 N–H and O–H groups in total. The highest BCUT2D eigenvalue weighted by atomic mass is 79.9. The predicted molar refractivity (Wildman–Crippen MR) is 86.4 cm³/mol.